The third-order valence-corrected chi connectivity index (χ3v) is 8.55. The van der Waals surface area contributed by atoms with E-state index in [9.17, 15) is 14.7 Å². The zero-order valence-electron chi connectivity index (χ0n) is 15.2. The molecule has 7 atom stereocenters. The molecule has 0 spiro atoms. The van der Waals surface area contributed by atoms with Crippen molar-refractivity contribution in [2.45, 2.75) is 59.3 Å². The van der Waals surface area contributed by atoms with E-state index < -0.39 is 0 Å². The van der Waals surface area contributed by atoms with Gasteiger partial charge in [0.15, 0.2) is 0 Å². The molecule has 0 heterocycles. The number of hydrogen-bond acceptors (Lipinski definition) is 3. The first-order chi connectivity index (χ1) is 11.4. The van der Waals surface area contributed by atoms with Crippen molar-refractivity contribution in [2.75, 3.05) is 6.61 Å². The molecule has 3 fully saturated rings. The normalized spacial score (nSPS) is 50.8. The smallest absolute Gasteiger partial charge is 0.140 e. The lowest BCUT2D eigenvalue weighted by Crippen LogP contribution is -2.57. The highest BCUT2D eigenvalue weighted by atomic mass is 16.3. The Balaban J connectivity index is 1.79. The average Bonchev–Trinajstić information content (AvgIpc) is 2.87. The molecule has 24 heavy (non-hydrogen) atoms. The van der Waals surface area contributed by atoms with E-state index in [1.807, 2.05) is 6.92 Å². The van der Waals surface area contributed by atoms with Crippen molar-refractivity contribution >= 4 is 11.6 Å². The van der Waals surface area contributed by atoms with Gasteiger partial charge < -0.3 is 5.11 Å². The van der Waals surface area contributed by atoms with Crippen LogP contribution in [0.4, 0.5) is 0 Å². The lowest BCUT2D eigenvalue weighted by atomic mass is 9.44. The van der Waals surface area contributed by atoms with Crippen LogP contribution in [-0.4, -0.2) is 23.3 Å². The van der Waals surface area contributed by atoms with E-state index in [1.165, 1.54) is 5.57 Å². The van der Waals surface area contributed by atoms with Crippen molar-refractivity contribution in [3.8, 4) is 0 Å². The van der Waals surface area contributed by atoms with Gasteiger partial charge in [0, 0.05) is 29.6 Å². The molecule has 0 aliphatic heterocycles. The Morgan fingerprint density at radius 2 is 1.96 bits per heavy atom. The van der Waals surface area contributed by atoms with Crippen LogP contribution in [0.3, 0.4) is 0 Å². The fourth-order valence-corrected chi connectivity index (χ4v) is 7.12. The van der Waals surface area contributed by atoms with Crippen molar-refractivity contribution in [3.05, 3.63) is 11.6 Å². The molecule has 0 amide bonds. The molecule has 0 saturated heterocycles. The highest BCUT2D eigenvalue weighted by Crippen LogP contribution is 2.65. The fourth-order valence-electron chi connectivity index (χ4n) is 7.12. The minimum atomic E-state index is -0.233. The number of Topliss-reactive ketones (excluding diaryl/α,β-unsaturated/α-hetero) is 2. The monoisotopic (exact) mass is 330 g/mol. The van der Waals surface area contributed by atoms with Crippen LogP contribution in [0.5, 0.6) is 0 Å². The van der Waals surface area contributed by atoms with Gasteiger partial charge in [-0.05, 0) is 49.4 Å². The summed E-state index contributed by atoms with van der Waals surface area (Å²) < 4.78 is 0. The van der Waals surface area contributed by atoms with Gasteiger partial charge in [0.1, 0.15) is 11.6 Å². The SMILES string of the molecule is CC1C(=O)CC(C)[C@@]2(CO)C1=CC[C@@H]1[C@H]2CC[C@]2(C)C(=O)CC[C@@H]12. The molecule has 4 aliphatic rings. The number of allylic oxidation sites excluding steroid dienone is 1. The molecular formula is C21H30O3. The first-order valence-electron chi connectivity index (χ1n) is 9.73. The lowest BCUT2D eigenvalue weighted by molar-refractivity contribution is -0.138. The summed E-state index contributed by atoms with van der Waals surface area (Å²) in [6.45, 7) is 6.52. The van der Waals surface area contributed by atoms with Crippen LogP contribution in [0.1, 0.15) is 59.3 Å². The quantitative estimate of drug-likeness (QED) is 0.748. The van der Waals surface area contributed by atoms with Crippen LogP contribution >= 0.6 is 0 Å². The van der Waals surface area contributed by atoms with Crippen LogP contribution < -0.4 is 0 Å². The topological polar surface area (TPSA) is 54.4 Å². The molecule has 3 nitrogen and oxygen atoms in total. The summed E-state index contributed by atoms with van der Waals surface area (Å²) in [6, 6.07) is 0. The van der Waals surface area contributed by atoms with Gasteiger partial charge in [-0.25, -0.2) is 0 Å². The Morgan fingerprint density at radius 3 is 2.67 bits per heavy atom. The summed E-state index contributed by atoms with van der Waals surface area (Å²) in [4.78, 5) is 24.9. The lowest BCUT2D eigenvalue weighted by Gasteiger charge is -2.59. The number of carbonyl (C=O) groups is 2. The largest absolute Gasteiger partial charge is 0.395 e. The molecule has 0 aromatic rings. The second-order valence-corrected chi connectivity index (χ2v) is 9.18. The third-order valence-electron chi connectivity index (χ3n) is 8.55. The number of fused-ring (bicyclic) bond motifs is 5. The fraction of sp³-hybridized carbons (Fsp3) is 0.810. The van der Waals surface area contributed by atoms with E-state index in [4.69, 9.17) is 0 Å². The van der Waals surface area contributed by atoms with Crippen LogP contribution in [0.25, 0.3) is 0 Å². The predicted octanol–water partition coefficient (Wildman–Crippen LogP) is 3.55. The van der Waals surface area contributed by atoms with Crippen molar-refractivity contribution in [2.24, 2.45) is 40.4 Å². The van der Waals surface area contributed by atoms with Gasteiger partial charge in [-0.15, -0.1) is 0 Å². The Morgan fingerprint density at radius 1 is 1.21 bits per heavy atom. The van der Waals surface area contributed by atoms with E-state index >= 15 is 0 Å². The van der Waals surface area contributed by atoms with Crippen molar-refractivity contribution in [1.29, 1.82) is 0 Å². The summed E-state index contributed by atoms with van der Waals surface area (Å²) >= 11 is 0. The zero-order chi connectivity index (χ0) is 17.3. The minimum absolute atomic E-state index is 0.0483. The molecule has 0 bridgehead atoms. The molecule has 1 N–H and O–H groups in total. The predicted molar refractivity (Wildman–Crippen MR) is 92.2 cm³/mol. The summed E-state index contributed by atoms with van der Waals surface area (Å²) in [5.41, 5.74) is 0.842. The average molecular weight is 330 g/mol. The van der Waals surface area contributed by atoms with Crippen molar-refractivity contribution < 1.29 is 14.7 Å². The number of aliphatic hydroxyl groups excluding tert-OH is 1. The van der Waals surface area contributed by atoms with Crippen molar-refractivity contribution in [1.82, 2.24) is 0 Å². The van der Waals surface area contributed by atoms with Gasteiger partial charge in [0.2, 0.25) is 0 Å². The van der Waals surface area contributed by atoms with Crippen LogP contribution in [0.15, 0.2) is 11.6 Å². The molecule has 0 aromatic heterocycles. The maximum absolute atomic E-state index is 12.5. The number of hydrogen-bond donors (Lipinski definition) is 1. The van der Waals surface area contributed by atoms with Crippen LogP contribution in [-0.2, 0) is 9.59 Å². The molecule has 0 radical (unpaired) electrons. The Kier molecular flexibility index (Phi) is 3.62. The summed E-state index contributed by atoms with van der Waals surface area (Å²) in [5, 5.41) is 10.5. The standard InChI is InChI=1S/C21H30O3/c1-12-10-18(23)13(2)15-5-4-14-16-6-7-19(24)20(16,3)9-8-17(14)21(12,15)11-22/h5,12-14,16-17,22H,4,6-11H2,1-3H3/t12?,13?,14-,16-,17+,20-,21-/m0/s1. The Hall–Kier alpha value is -0.960. The van der Waals surface area contributed by atoms with E-state index in [-0.39, 0.29) is 29.3 Å². The number of rotatable bonds is 1. The van der Waals surface area contributed by atoms with Gasteiger partial charge in [-0.3, -0.25) is 9.59 Å². The van der Waals surface area contributed by atoms with E-state index in [1.54, 1.807) is 0 Å². The van der Waals surface area contributed by atoms with Gasteiger partial charge in [0.25, 0.3) is 0 Å². The van der Waals surface area contributed by atoms with Gasteiger partial charge in [-0.1, -0.05) is 32.4 Å². The maximum Gasteiger partial charge on any atom is 0.140 e. The summed E-state index contributed by atoms with van der Waals surface area (Å²) in [6.07, 6.45) is 7.59. The molecule has 132 valence electrons. The van der Waals surface area contributed by atoms with Gasteiger partial charge >= 0.3 is 0 Å². The van der Waals surface area contributed by atoms with Crippen molar-refractivity contribution in [3.63, 3.8) is 0 Å². The van der Waals surface area contributed by atoms with E-state index in [0.717, 1.165) is 32.1 Å². The maximum atomic E-state index is 12.5. The van der Waals surface area contributed by atoms with Crippen LogP contribution in [0.2, 0.25) is 0 Å². The van der Waals surface area contributed by atoms with E-state index in [0.29, 0.717) is 35.7 Å². The Bertz CT molecular complexity index is 621. The second-order valence-electron chi connectivity index (χ2n) is 9.18. The molecule has 4 aliphatic carbocycles. The molecule has 3 saturated carbocycles. The first-order valence-corrected chi connectivity index (χ1v) is 9.73. The zero-order valence-corrected chi connectivity index (χ0v) is 15.2. The minimum Gasteiger partial charge on any atom is -0.395 e. The first kappa shape index (κ1) is 16.5. The molecule has 2 unspecified atom stereocenters. The van der Waals surface area contributed by atoms with Gasteiger partial charge in [0.05, 0.1) is 6.61 Å². The van der Waals surface area contributed by atoms with E-state index in [2.05, 4.69) is 19.9 Å². The summed E-state index contributed by atoms with van der Waals surface area (Å²) in [7, 11) is 0. The highest BCUT2D eigenvalue weighted by molar-refractivity contribution is 5.87. The number of ketones is 2. The summed E-state index contributed by atoms with van der Waals surface area (Å²) in [5.74, 6) is 2.32. The Labute approximate surface area is 144 Å². The highest BCUT2D eigenvalue weighted by Gasteiger charge is 2.62. The molecular weight excluding hydrogens is 300 g/mol. The van der Waals surface area contributed by atoms with Crippen LogP contribution in [0, 0.1) is 40.4 Å². The second kappa shape index (κ2) is 5.27. The third kappa shape index (κ3) is 1.83. The molecule has 3 heteroatoms. The van der Waals surface area contributed by atoms with Gasteiger partial charge in [-0.2, -0.15) is 0 Å². The number of carbonyl (C=O) groups excluding carboxylic acids is 2. The molecule has 4 rings (SSSR count). The number of aliphatic hydroxyl groups is 1. The molecule has 0 aromatic carbocycles.